The Morgan fingerprint density at radius 1 is 1.67 bits per heavy atom. The number of alkyl halides is 1. The van der Waals surface area contributed by atoms with Gasteiger partial charge in [0, 0.05) is 11.4 Å². The minimum atomic E-state index is -3.43. The minimum absolute atomic E-state index is 0.0960. The van der Waals surface area contributed by atoms with E-state index in [1.54, 1.807) is 0 Å². The maximum Gasteiger partial charge on any atom is 0.257 e. The first kappa shape index (κ1) is 12.7. The molecule has 0 saturated heterocycles. The maximum atomic E-state index is 11.6. The second-order valence-corrected chi connectivity index (χ2v) is 6.18. The second-order valence-electron chi connectivity index (χ2n) is 3.15. The lowest BCUT2D eigenvalue weighted by atomic mass is 10.2. The van der Waals surface area contributed by atoms with Crippen LogP contribution in [-0.4, -0.2) is 29.8 Å². The molecule has 1 atom stereocenters. The van der Waals surface area contributed by atoms with Gasteiger partial charge in [-0.2, -0.15) is 0 Å². The Labute approximate surface area is 97.9 Å². The van der Waals surface area contributed by atoms with E-state index in [9.17, 15) is 8.42 Å². The molecule has 0 aliphatic heterocycles. The van der Waals surface area contributed by atoms with Crippen LogP contribution in [0.25, 0.3) is 0 Å². The topological polar surface area (TPSA) is 74.8 Å². The number of rotatable bonds is 6. The lowest BCUT2D eigenvalue weighted by Crippen LogP contribution is -2.29. The first-order chi connectivity index (χ1) is 7.06. The average Bonchev–Trinajstić information content (AvgIpc) is 2.69. The van der Waals surface area contributed by atoms with Gasteiger partial charge in [-0.25, -0.2) is 18.1 Å². The monoisotopic (exact) mass is 295 g/mol. The van der Waals surface area contributed by atoms with Crippen LogP contribution in [0.15, 0.2) is 17.6 Å². The molecule has 1 aromatic heterocycles. The summed E-state index contributed by atoms with van der Waals surface area (Å²) in [5.41, 5.74) is 0. The number of nitrogens with one attached hydrogen (secondary N) is 2. The third-order valence-electron chi connectivity index (χ3n) is 1.86. The standard InChI is InChI=1S/C8H14BrN3O2S/c1-2-3-7(9)4-12-15(13,14)8-5-10-6-11-8/h5-7,12H,2-4H2,1H3,(H,10,11). The summed E-state index contributed by atoms with van der Waals surface area (Å²) in [5.74, 6) is 0. The Kier molecular flexibility index (Phi) is 4.75. The Hall–Kier alpha value is -0.400. The van der Waals surface area contributed by atoms with Crippen LogP contribution >= 0.6 is 15.9 Å². The smallest absolute Gasteiger partial charge is 0.257 e. The highest BCUT2D eigenvalue weighted by Gasteiger charge is 2.16. The predicted molar refractivity (Wildman–Crippen MR) is 61.4 cm³/mol. The van der Waals surface area contributed by atoms with Crippen LogP contribution in [0.1, 0.15) is 19.8 Å². The van der Waals surface area contributed by atoms with Gasteiger partial charge in [-0.05, 0) is 6.42 Å². The number of halogens is 1. The largest absolute Gasteiger partial charge is 0.335 e. The highest BCUT2D eigenvalue weighted by atomic mass is 79.9. The van der Waals surface area contributed by atoms with Crippen LogP contribution in [0.4, 0.5) is 0 Å². The highest BCUT2D eigenvalue weighted by Crippen LogP contribution is 2.08. The average molecular weight is 296 g/mol. The molecule has 0 aliphatic carbocycles. The van der Waals surface area contributed by atoms with Crippen molar-refractivity contribution in [2.45, 2.75) is 29.6 Å². The third-order valence-corrected chi connectivity index (χ3v) is 3.99. The van der Waals surface area contributed by atoms with Crippen LogP contribution in [0.3, 0.4) is 0 Å². The molecule has 1 aromatic rings. The van der Waals surface area contributed by atoms with Crippen molar-refractivity contribution in [2.24, 2.45) is 0 Å². The van der Waals surface area contributed by atoms with E-state index in [0.29, 0.717) is 6.54 Å². The van der Waals surface area contributed by atoms with Crippen molar-refractivity contribution in [1.82, 2.24) is 14.7 Å². The van der Waals surface area contributed by atoms with Gasteiger partial charge < -0.3 is 4.98 Å². The summed E-state index contributed by atoms with van der Waals surface area (Å²) in [4.78, 5) is 6.39. The third kappa shape index (κ3) is 3.92. The van der Waals surface area contributed by atoms with Gasteiger partial charge >= 0.3 is 0 Å². The van der Waals surface area contributed by atoms with Crippen LogP contribution in [0, 0.1) is 0 Å². The van der Waals surface area contributed by atoms with Crippen molar-refractivity contribution in [3.8, 4) is 0 Å². The summed E-state index contributed by atoms with van der Waals surface area (Å²) in [6, 6.07) is 0. The van der Waals surface area contributed by atoms with Crippen molar-refractivity contribution in [1.29, 1.82) is 0 Å². The van der Waals surface area contributed by atoms with Crippen molar-refractivity contribution >= 4 is 26.0 Å². The van der Waals surface area contributed by atoms with Gasteiger partial charge in [0.15, 0.2) is 5.03 Å². The summed E-state index contributed by atoms with van der Waals surface area (Å²) in [6.07, 6.45) is 4.57. The zero-order chi connectivity index (χ0) is 11.3. The van der Waals surface area contributed by atoms with Gasteiger partial charge in [0.05, 0.1) is 12.5 Å². The van der Waals surface area contributed by atoms with E-state index in [1.807, 2.05) is 0 Å². The molecule has 0 spiro atoms. The van der Waals surface area contributed by atoms with Crippen LogP contribution in [0.5, 0.6) is 0 Å². The molecule has 0 aliphatic rings. The van der Waals surface area contributed by atoms with E-state index in [4.69, 9.17) is 0 Å². The number of nitrogens with zero attached hydrogens (tertiary/aromatic N) is 1. The number of aromatic nitrogens is 2. The van der Waals surface area contributed by atoms with Crippen molar-refractivity contribution in [3.63, 3.8) is 0 Å². The summed E-state index contributed by atoms with van der Waals surface area (Å²) < 4.78 is 25.7. The number of H-pyrrole nitrogens is 1. The summed E-state index contributed by atoms with van der Waals surface area (Å²) in [6.45, 7) is 2.44. The van der Waals surface area contributed by atoms with Gasteiger partial charge in [-0.1, -0.05) is 29.3 Å². The number of sulfonamides is 1. The number of hydrogen-bond donors (Lipinski definition) is 2. The predicted octanol–water partition coefficient (Wildman–Crippen LogP) is 1.25. The molecule has 1 unspecified atom stereocenters. The van der Waals surface area contributed by atoms with E-state index in [0.717, 1.165) is 12.8 Å². The molecule has 0 aromatic carbocycles. The molecule has 7 heteroatoms. The van der Waals surface area contributed by atoms with Gasteiger partial charge in [0.2, 0.25) is 0 Å². The summed E-state index contributed by atoms with van der Waals surface area (Å²) in [7, 11) is -3.43. The fourth-order valence-corrected chi connectivity index (χ4v) is 2.90. The second kappa shape index (κ2) is 5.62. The molecule has 0 saturated carbocycles. The minimum Gasteiger partial charge on any atom is -0.335 e. The Balaban J connectivity index is 2.52. The molecule has 2 N–H and O–H groups in total. The van der Waals surface area contributed by atoms with E-state index in [-0.39, 0.29) is 9.85 Å². The first-order valence-electron chi connectivity index (χ1n) is 4.68. The van der Waals surface area contributed by atoms with Crippen LogP contribution < -0.4 is 4.72 Å². The lowest BCUT2D eigenvalue weighted by Gasteiger charge is -2.09. The molecule has 0 amide bonds. The summed E-state index contributed by atoms with van der Waals surface area (Å²) >= 11 is 3.40. The van der Waals surface area contributed by atoms with Gasteiger partial charge in [0.25, 0.3) is 10.0 Å². The molecule has 0 radical (unpaired) electrons. The van der Waals surface area contributed by atoms with E-state index in [1.165, 1.54) is 12.5 Å². The fourth-order valence-electron chi connectivity index (χ4n) is 1.08. The SMILES string of the molecule is CCCC(Br)CNS(=O)(=O)c1cnc[nH]1. The van der Waals surface area contributed by atoms with Gasteiger partial charge in [-0.3, -0.25) is 0 Å². The molecule has 86 valence electrons. The van der Waals surface area contributed by atoms with Crippen LogP contribution in [0.2, 0.25) is 0 Å². The van der Waals surface area contributed by atoms with Crippen LogP contribution in [-0.2, 0) is 10.0 Å². The quantitative estimate of drug-likeness (QED) is 0.776. The molecule has 1 heterocycles. The number of imidazole rings is 1. The normalized spacial score (nSPS) is 14.0. The van der Waals surface area contributed by atoms with E-state index >= 15 is 0 Å². The highest BCUT2D eigenvalue weighted by molar-refractivity contribution is 9.09. The van der Waals surface area contributed by atoms with Crippen molar-refractivity contribution in [2.75, 3.05) is 6.54 Å². The lowest BCUT2D eigenvalue weighted by molar-refractivity contribution is 0.575. The maximum absolute atomic E-state index is 11.6. The molecule has 1 rings (SSSR count). The number of hydrogen-bond acceptors (Lipinski definition) is 3. The zero-order valence-corrected chi connectivity index (χ0v) is 10.8. The van der Waals surface area contributed by atoms with Gasteiger partial charge in [0.1, 0.15) is 0 Å². The van der Waals surface area contributed by atoms with E-state index in [2.05, 4.69) is 37.5 Å². The molecule has 0 bridgehead atoms. The first-order valence-corrected chi connectivity index (χ1v) is 7.08. The van der Waals surface area contributed by atoms with E-state index < -0.39 is 10.0 Å². The number of aromatic amines is 1. The molecule has 15 heavy (non-hydrogen) atoms. The Bertz CT molecular complexity index is 377. The summed E-state index contributed by atoms with van der Waals surface area (Å²) in [5, 5.41) is 0.0960. The fraction of sp³-hybridized carbons (Fsp3) is 0.625. The Morgan fingerprint density at radius 2 is 2.40 bits per heavy atom. The Morgan fingerprint density at radius 3 is 2.93 bits per heavy atom. The molecule has 5 nitrogen and oxygen atoms in total. The van der Waals surface area contributed by atoms with Crippen molar-refractivity contribution in [3.05, 3.63) is 12.5 Å². The van der Waals surface area contributed by atoms with Gasteiger partial charge in [-0.15, -0.1) is 0 Å². The molecular formula is C8H14BrN3O2S. The molecule has 0 fully saturated rings. The van der Waals surface area contributed by atoms with Crippen molar-refractivity contribution < 1.29 is 8.42 Å². The molecular weight excluding hydrogens is 282 g/mol. The zero-order valence-electron chi connectivity index (χ0n) is 8.40.